The fourth-order valence-corrected chi connectivity index (χ4v) is 3.53. The van der Waals surface area contributed by atoms with Crippen molar-refractivity contribution >= 4 is 6.09 Å². The van der Waals surface area contributed by atoms with Crippen LogP contribution in [0.25, 0.3) is 0 Å². The molecule has 1 amide bonds. The highest BCUT2D eigenvalue weighted by Crippen LogP contribution is 2.18. The first-order valence-electron chi connectivity index (χ1n) is 12.0. The second-order valence-electron chi connectivity index (χ2n) is 9.57. The fraction of sp³-hybridized carbons (Fsp3) is 0.958. The molecule has 0 aromatic carbocycles. The van der Waals surface area contributed by atoms with Gasteiger partial charge in [-0.15, -0.1) is 0 Å². The summed E-state index contributed by atoms with van der Waals surface area (Å²) in [5, 5.41) is 22.1. The molecule has 0 aromatic rings. The van der Waals surface area contributed by atoms with E-state index in [2.05, 4.69) is 12.2 Å². The van der Waals surface area contributed by atoms with Gasteiger partial charge in [0.05, 0.1) is 18.8 Å². The SMILES string of the molecule is CCCCCCCCCCCCCCCCC(CO)(CO)NC(=O)OC(C)(C)C. The van der Waals surface area contributed by atoms with Gasteiger partial charge in [0.25, 0.3) is 0 Å². The van der Waals surface area contributed by atoms with Crippen LogP contribution >= 0.6 is 0 Å². The van der Waals surface area contributed by atoms with Crippen molar-refractivity contribution in [1.29, 1.82) is 0 Å². The Balaban J connectivity index is 3.75. The lowest BCUT2D eigenvalue weighted by Crippen LogP contribution is -2.55. The molecule has 0 saturated heterocycles. The fourth-order valence-electron chi connectivity index (χ4n) is 3.53. The zero-order valence-electron chi connectivity index (χ0n) is 19.7. The van der Waals surface area contributed by atoms with Crippen molar-refractivity contribution in [2.75, 3.05) is 13.2 Å². The van der Waals surface area contributed by atoms with Gasteiger partial charge in [-0.3, -0.25) is 0 Å². The third-order valence-corrected chi connectivity index (χ3v) is 5.38. The van der Waals surface area contributed by atoms with Crippen molar-refractivity contribution in [1.82, 2.24) is 5.32 Å². The number of unbranched alkanes of at least 4 members (excludes halogenated alkanes) is 13. The van der Waals surface area contributed by atoms with Gasteiger partial charge in [0, 0.05) is 0 Å². The number of hydrogen-bond acceptors (Lipinski definition) is 4. The molecule has 174 valence electrons. The van der Waals surface area contributed by atoms with Crippen LogP contribution in [0.2, 0.25) is 0 Å². The maximum atomic E-state index is 12.0. The number of hydrogen-bond donors (Lipinski definition) is 3. The Morgan fingerprint density at radius 2 is 1.10 bits per heavy atom. The van der Waals surface area contributed by atoms with Crippen LogP contribution in [-0.4, -0.2) is 40.7 Å². The average Bonchev–Trinajstić information content (AvgIpc) is 2.65. The van der Waals surface area contributed by atoms with Crippen molar-refractivity contribution in [2.45, 2.75) is 135 Å². The van der Waals surface area contributed by atoms with Gasteiger partial charge in [-0.25, -0.2) is 4.79 Å². The molecule has 29 heavy (non-hydrogen) atoms. The smallest absolute Gasteiger partial charge is 0.408 e. The van der Waals surface area contributed by atoms with E-state index in [1.165, 1.54) is 70.6 Å². The van der Waals surface area contributed by atoms with Crippen molar-refractivity contribution < 1.29 is 19.7 Å². The zero-order chi connectivity index (χ0) is 22.0. The Kier molecular flexibility index (Phi) is 16.5. The van der Waals surface area contributed by atoms with Gasteiger partial charge in [-0.05, 0) is 27.2 Å². The third kappa shape index (κ3) is 16.7. The van der Waals surface area contributed by atoms with E-state index in [9.17, 15) is 15.0 Å². The number of nitrogens with one attached hydrogen (secondary N) is 1. The first-order valence-corrected chi connectivity index (χ1v) is 12.0. The predicted octanol–water partition coefficient (Wildman–Crippen LogP) is 6.11. The van der Waals surface area contributed by atoms with Gasteiger partial charge in [-0.1, -0.05) is 96.8 Å². The standard InChI is InChI=1S/C24H49NO4/c1-5-6-7-8-9-10-11-12-13-14-15-16-17-18-19-24(20-26,21-27)25-22(28)29-23(2,3)4/h26-27H,5-21H2,1-4H3,(H,25,28). The second-order valence-corrected chi connectivity index (χ2v) is 9.57. The highest BCUT2D eigenvalue weighted by atomic mass is 16.6. The summed E-state index contributed by atoms with van der Waals surface area (Å²) in [6.45, 7) is 7.05. The topological polar surface area (TPSA) is 78.8 Å². The summed E-state index contributed by atoms with van der Waals surface area (Å²) >= 11 is 0. The van der Waals surface area contributed by atoms with Crippen LogP contribution in [0.15, 0.2) is 0 Å². The van der Waals surface area contributed by atoms with E-state index in [-0.39, 0.29) is 13.2 Å². The van der Waals surface area contributed by atoms with E-state index in [1.54, 1.807) is 20.8 Å². The lowest BCUT2D eigenvalue weighted by Gasteiger charge is -2.32. The van der Waals surface area contributed by atoms with E-state index in [4.69, 9.17) is 4.74 Å². The molecule has 0 aliphatic carbocycles. The summed E-state index contributed by atoms with van der Waals surface area (Å²) in [4.78, 5) is 12.0. The van der Waals surface area contributed by atoms with Crippen LogP contribution in [0.4, 0.5) is 4.79 Å². The second kappa shape index (κ2) is 16.9. The largest absolute Gasteiger partial charge is 0.444 e. The van der Waals surface area contributed by atoms with Crippen LogP contribution < -0.4 is 5.32 Å². The molecule has 0 unspecified atom stereocenters. The van der Waals surface area contributed by atoms with Crippen molar-refractivity contribution in [3.63, 3.8) is 0 Å². The molecule has 0 fully saturated rings. The van der Waals surface area contributed by atoms with Gasteiger partial charge in [0.2, 0.25) is 0 Å². The molecule has 0 heterocycles. The Morgan fingerprint density at radius 1 is 0.724 bits per heavy atom. The van der Waals surface area contributed by atoms with Crippen LogP contribution in [0.5, 0.6) is 0 Å². The third-order valence-electron chi connectivity index (χ3n) is 5.38. The van der Waals surface area contributed by atoms with E-state index >= 15 is 0 Å². The molecule has 5 heteroatoms. The van der Waals surface area contributed by atoms with Crippen LogP contribution in [0.3, 0.4) is 0 Å². The summed E-state index contributed by atoms with van der Waals surface area (Å²) in [5.41, 5.74) is -1.60. The van der Waals surface area contributed by atoms with Gasteiger partial charge in [0.15, 0.2) is 0 Å². The number of alkyl carbamates (subject to hydrolysis) is 1. The Bertz CT molecular complexity index is 389. The maximum Gasteiger partial charge on any atom is 0.408 e. The average molecular weight is 416 g/mol. The molecule has 0 aromatic heterocycles. The van der Waals surface area contributed by atoms with Gasteiger partial charge < -0.3 is 20.3 Å². The van der Waals surface area contributed by atoms with E-state index in [0.29, 0.717) is 6.42 Å². The number of ether oxygens (including phenoxy) is 1. The monoisotopic (exact) mass is 415 g/mol. The van der Waals surface area contributed by atoms with Crippen LogP contribution in [0.1, 0.15) is 124 Å². The molecule has 3 N–H and O–H groups in total. The van der Waals surface area contributed by atoms with Gasteiger partial charge >= 0.3 is 6.09 Å². The Labute approximate surface area is 180 Å². The van der Waals surface area contributed by atoms with Gasteiger partial charge in [-0.2, -0.15) is 0 Å². The van der Waals surface area contributed by atoms with E-state index in [0.717, 1.165) is 19.3 Å². The molecular formula is C24H49NO4. The molecule has 5 nitrogen and oxygen atoms in total. The number of amides is 1. The normalized spacial score (nSPS) is 12.2. The molecule has 0 radical (unpaired) electrons. The van der Waals surface area contributed by atoms with Crippen molar-refractivity contribution in [3.8, 4) is 0 Å². The number of carbonyl (C=O) groups is 1. The minimum absolute atomic E-state index is 0.290. The molecule has 0 spiro atoms. The van der Waals surface area contributed by atoms with Crippen LogP contribution in [0, 0.1) is 0 Å². The van der Waals surface area contributed by atoms with Crippen molar-refractivity contribution in [2.24, 2.45) is 0 Å². The quantitative estimate of drug-likeness (QED) is 0.236. The molecular weight excluding hydrogens is 366 g/mol. The summed E-state index contributed by atoms with van der Waals surface area (Å²) < 4.78 is 5.25. The molecule has 0 aliphatic rings. The number of carbonyl (C=O) groups excluding carboxylic acids is 1. The molecule has 0 rings (SSSR count). The Hall–Kier alpha value is -0.810. The lowest BCUT2D eigenvalue weighted by atomic mass is 9.93. The zero-order valence-corrected chi connectivity index (χ0v) is 19.7. The molecule has 0 saturated carbocycles. The molecule has 0 aliphatic heterocycles. The summed E-state index contributed by atoms with van der Waals surface area (Å²) in [5.74, 6) is 0. The lowest BCUT2D eigenvalue weighted by molar-refractivity contribution is 0.0269. The van der Waals surface area contributed by atoms with Gasteiger partial charge in [0.1, 0.15) is 5.60 Å². The molecule has 0 bridgehead atoms. The predicted molar refractivity (Wildman–Crippen MR) is 121 cm³/mol. The highest BCUT2D eigenvalue weighted by Gasteiger charge is 2.32. The maximum absolute atomic E-state index is 12.0. The minimum atomic E-state index is -1.00. The minimum Gasteiger partial charge on any atom is -0.444 e. The van der Waals surface area contributed by atoms with E-state index in [1.807, 2.05) is 0 Å². The van der Waals surface area contributed by atoms with E-state index < -0.39 is 17.2 Å². The number of rotatable bonds is 18. The highest BCUT2D eigenvalue weighted by molar-refractivity contribution is 5.68. The summed E-state index contributed by atoms with van der Waals surface area (Å²) in [6.07, 6.45) is 17.9. The first kappa shape index (κ1) is 28.2. The van der Waals surface area contributed by atoms with Crippen LogP contribution in [-0.2, 0) is 4.74 Å². The Morgan fingerprint density at radius 3 is 1.45 bits per heavy atom. The number of aliphatic hydroxyl groups excluding tert-OH is 2. The summed E-state index contributed by atoms with van der Waals surface area (Å²) in [7, 11) is 0. The molecule has 0 atom stereocenters. The number of aliphatic hydroxyl groups is 2. The summed E-state index contributed by atoms with van der Waals surface area (Å²) in [6, 6.07) is 0. The van der Waals surface area contributed by atoms with Crippen molar-refractivity contribution in [3.05, 3.63) is 0 Å². The first-order chi connectivity index (χ1) is 13.8.